The first-order valence-electron chi connectivity index (χ1n) is 18.4. The zero-order valence-corrected chi connectivity index (χ0v) is 38.0. The van der Waals surface area contributed by atoms with Crippen molar-refractivity contribution in [2.45, 2.75) is 36.0 Å². The summed E-state index contributed by atoms with van der Waals surface area (Å²) in [5, 5.41) is 9.14. The number of hydrogen-bond donors (Lipinski definition) is 4. The number of alkyl halides is 6. The molecule has 2 aromatic carbocycles. The van der Waals surface area contributed by atoms with Crippen molar-refractivity contribution in [2.75, 3.05) is 46.4 Å². The highest BCUT2D eigenvalue weighted by Crippen LogP contribution is 2.36. The maximum Gasteiger partial charge on any atom is 0.422 e. The molecule has 0 saturated carbocycles. The number of hydrogen-bond acceptors (Lipinski definition) is 16. The number of nitrogen functional groups attached to an aromatic ring is 1. The highest BCUT2D eigenvalue weighted by atomic mass is 35.5. The Morgan fingerprint density at radius 2 is 1.00 bits per heavy atom. The van der Waals surface area contributed by atoms with Gasteiger partial charge in [-0.1, -0.05) is 48.7 Å². The number of nitrogens with two attached hydrogens (primary N) is 1. The second-order valence-electron chi connectivity index (χ2n) is 12.8. The smallest absolute Gasteiger partial charge is 0.422 e. The predicted molar refractivity (Wildman–Crippen MR) is 233 cm³/mol. The molecule has 0 radical (unpaired) electrons. The normalized spacial score (nSPS) is 11.6. The van der Waals surface area contributed by atoms with E-state index in [-0.39, 0.29) is 34.0 Å². The Hall–Kier alpha value is -6.09. The van der Waals surface area contributed by atoms with E-state index in [1.807, 2.05) is 0 Å². The Labute approximate surface area is 391 Å². The van der Waals surface area contributed by atoms with Crippen molar-refractivity contribution < 1.29 is 61.4 Å². The third kappa shape index (κ3) is 17.3. The van der Waals surface area contributed by atoms with Crippen molar-refractivity contribution in [3.63, 3.8) is 0 Å². The summed E-state index contributed by atoms with van der Waals surface area (Å²) in [6, 6.07) is 12.0. The third-order valence-corrected chi connectivity index (χ3v) is 12.0. The largest absolute Gasteiger partial charge is 0.482 e. The maximum atomic E-state index is 14.4. The Morgan fingerprint density at radius 3 is 1.39 bits per heavy atom. The lowest BCUT2D eigenvalue weighted by Crippen LogP contribution is -2.20. The lowest BCUT2D eigenvalue weighted by molar-refractivity contribution is -0.154. The summed E-state index contributed by atoms with van der Waals surface area (Å²) in [5.74, 6) is -3.11. The van der Waals surface area contributed by atoms with Crippen LogP contribution in [0.15, 0.2) is 95.5 Å². The molecule has 0 amide bonds. The summed E-state index contributed by atoms with van der Waals surface area (Å²) < 4.78 is 161. The Bertz CT molecular complexity index is 2840. The van der Waals surface area contributed by atoms with E-state index < -0.39 is 89.7 Å². The molecule has 360 valence electrons. The Kier molecular flexibility index (Phi) is 18.4. The molecule has 0 fully saturated rings. The number of sulfone groups is 2. The van der Waals surface area contributed by atoms with Gasteiger partial charge in [0, 0.05) is 36.7 Å². The van der Waals surface area contributed by atoms with Crippen molar-refractivity contribution in [2.24, 2.45) is 0 Å². The Balaban J connectivity index is 0.000000255. The van der Waals surface area contributed by atoms with Gasteiger partial charge in [-0.25, -0.2) is 55.5 Å². The number of ether oxygens (including phenoxy) is 2. The van der Waals surface area contributed by atoms with Gasteiger partial charge < -0.3 is 31.2 Å². The summed E-state index contributed by atoms with van der Waals surface area (Å²) >= 11 is 17.0. The van der Waals surface area contributed by atoms with Gasteiger partial charge in [0.25, 0.3) is 0 Å². The number of aromatic nitrogens is 6. The van der Waals surface area contributed by atoms with E-state index in [2.05, 4.69) is 55.3 Å². The van der Waals surface area contributed by atoms with E-state index in [4.69, 9.17) is 40.5 Å². The Morgan fingerprint density at radius 1 is 0.567 bits per heavy atom. The fourth-order valence-electron chi connectivity index (χ4n) is 4.75. The quantitative estimate of drug-likeness (QED) is 0.0588. The van der Waals surface area contributed by atoms with Crippen LogP contribution in [-0.4, -0.2) is 83.8 Å². The zero-order valence-electron chi connectivity index (χ0n) is 34.1. The minimum atomic E-state index is -4.69. The van der Waals surface area contributed by atoms with Crippen LogP contribution in [0.4, 0.5) is 75.6 Å². The molecule has 0 unspecified atom stereocenters. The molecule has 29 heteroatoms. The van der Waals surface area contributed by atoms with Crippen LogP contribution >= 0.6 is 34.8 Å². The average molecular weight is 1050 g/mol. The number of pyridine rings is 2. The number of anilines is 7. The second-order valence-corrected chi connectivity index (χ2v) is 18.6. The first-order chi connectivity index (χ1) is 31.3. The van der Waals surface area contributed by atoms with Crippen molar-refractivity contribution in [3.05, 3.63) is 113 Å². The second kappa shape index (κ2) is 23.1. The average Bonchev–Trinajstić information content (AvgIpc) is 3.25. The zero-order chi connectivity index (χ0) is 49.7. The third-order valence-electron chi connectivity index (χ3n) is 7.84. The fraction of sp³-hybridized carbons (Fsp3) is 0.211. The standard InChI is InChI=1S/C19H16ClF4N5O3S.C14H12ClF4N3O3S.C5H5ClN2/c1-2-33(30,31)15-6-13(14(5-12(15)21)32-9-19(22,23)24)28-17-7-18(27-10-26-17)29-16-4-3-11(20)8-25-16;1-2-26(23,24)11-4-9(22-13-5-12(15)20-7-21-13)10(3-8(11)16)25-6-14(17,18)19;6-4-1-2-5(7)8-3-4/h3-8,10H,2,9H2,1H3,(H2,25,26,27,28,29);3-5,7H,2,6H2,1H3,(H,20,21,22);1-3H,(H2,7,8). The van der Waals surface area contributed by atoms with E-state index in [1.165, 1.54) is 38.4 Å². The molecule has 0 aliphatic rings. The summed E-state index contributed by atoms with van der Waals surface area (Å²) in [6.07, 6.45) is -4.22. The molecule has 0 bridgehead atoms. The summed E-state index contributed by atoms with van der Waals surface area (Å²) in [4.78, 5) is 21.8. The van der Waals surface area contributed by atoms with Crippen LogP contribution in [0.5, 0.6) is 11.5 Å². The van der Waals surface area contributed by atoms with Gasteiger partial charge in [-0.3, -0.25) is 0 Å². The molecule has 6 rings (SSSR count). The molecule has 0 aliphatic carbocycles. The van der Waals surface area contributed by atoms with E-state index in [1.54, 1.807) is 24.3 Å². The first kappa shape index (κ1) is 53.5. The van der Waals surface area contributed by atoms with Crippen molar-refractivity contribution in [1.82, 2.24) is 29.9 Å². The van der Waals surface area contributed by atoms with Crippen LogP contribution in [0, 0.1) is 11.6 Å². The summed E-state index contributed by atoms with van der Waals surface area (Å²) in [5.41, 5.74) is 4.80. The van der Waals surface area contributed by atoms with E-state index in [0.717, 1.165) is 24.8 Å². The van der Waals surface area contributed by atoms with Crippen LogP contribution in [0.25, 0.3) is 0 Å². The highest BCUT2D eigenvalue weighted by Gasteiger charge is 2.31. The fourth-order valence-corrected chi connectivity index (χ4v) is 7.05. The maximum absolute atomic E-state index is 14.4. The molecule has 5 N–H and O–H groups in total. The summed E-state index contributed by atoms with van der Waals surface area (Å²) in [6.45, 7) is -0.783. The minimum absolute atomic E-state index is 0.0313. The highest BCUT2D eigenvalue weighted by molar-refractivity contribution is 7.91. The van der Waals surface area contributed by atoms with Crippen LogP contribution in [0.2, 0.25) is 15.2 Å². The van der Waals surface area contributed by atoms with Crippen molar-refractivity contribution in [3.8, 4) is 11.5 Å². The number of nitrogens with one attached hydrogen (secondary N) is 3. The van der Waals surface area contributed by atoms with Crippen molar-refractivity contribution in [1.29, 1.82) is 0 Å². The van der Waals surface area contributed by atoms with Crippen LogP contribution < -0.4 is 31.2 Å². The molecule has 6 aromatic rings. The van der Waals surface area contributed by atoms with Crippen molar-refractivity contribution >= 4 is 94.9 Å². The molecular formula is C38H33Cl3F8N10O6S2. The van der Waals surface area contributed by atoms with E-state index in [9.17, 15) is 52.0 Å². The molecule has 4 aromatic heterocycles. The molecule has 0 saturated heterocycles. The van der Waals surface area contributed by atoms with Gasteiger partial charge in [-0.15, -0.1) is 0 Å². The SMILES string of the molecule is CCS(=O)(=O)c1cc(Nc2cc(Cl)ncn2)c(OCC(F)(F)F)cc1F.CCS(=O)(=O)c1cc(Nc2cc(Nc3ccc(Cl)cn3)ncn2)c(OCC(F)(F)F)cc1F.Nc1ccc(Cl)cn1. The van der Waals surface area contributed by atoms with E-state index >= 15 is 0 Å². The molecule has 4 heterocycles. The number of rotatable bonds is 14. The van der Waals surface area contributed by atoms with Crippen LogP contribution in [0.3, 0.4) is 0 Å². The predicted octanol–water partition coefficient (Wildman–Crippen LogP) is 9.95. The first-order valence-corrected chi connectivity index (χ1v) is 22.8. The molecule has 67 heavy (non-hydrogen) atoms. The lowest BCUT2D eigenvalue weighted by atomic mass is 10.2. The van der Waals surface area contributed by atoms with Gasteiger partial charge in [0.1, 0.15) is 79.8 Å². The van der Waals surface area contributed by atoms with Gasteiger partial charge in [-0.2, -0.15) is 26.3 Å². The topological polar surface area (TPSA) is 226 Å². The molecule has 0 aliphatic heterocycles. The van der Waals surface area contributed by atoms with Crippen LogP contribution in [-0.2, 0) is 19.7 Å². The van der Waals surface area contributed by atoms with Gasteiger partial charge in [0.2, 0.25) is 0 Å². The molecule has 0 atom stereocenters. The number of halogens is 11. The molecular weight excluding hydrogens is 1010 g/mol. The van der Waals surface area contributed by atoms with Gasteiger partial charge in [0.15, 0.2) is 32.9 Å². The van der Waals surface area contributed by atoms with Gasteiger partial charge in [-0.05, 0) is 36.4 Å². The molecule has 0 spiro atoms. The summed E-state index contributed by atoms with van der Waals surface area (Å²) in [7, 11) is -7.98. The van der Waals surface area contributed by atoms with E-state index in [0.29, 0.717) is 33.8 Å². The molecule has 16 nitrogen and oxygen atoms in total. The lowest BCUT2D eigenvalue weighted by Gasteiger charge is -2.16. The number of benzene rings is 2. The minimum Gasteiger partial charge on any atom is -0.482 e. The van der Waals surface area contributed by atoms with Crippen LogP contribution in [0.1, 0.15) is 13.8 Å². The number of nitrogens with zero attached hydrogens (tertiary/aromatic N) is 6. The van der Waals surface area contributed by atoms with Gasteiger partial charge >= 0.3 is 12.4 Å². The van der Waals surface area contributed by atoms with Gasteiger partial charge in [0.05, 0.1) is 32.9 Å². The monoisotopic (exact) mass is 1050 g/mol.